The van der Waals surface area contributed by atoms with Crippen molar-refractivity contribution in [3.63, 3.8) is 0 Å². The summed E-state index contributed by atoms with van der Waals surface area (Å²) in [5, 5.41) is 16.1. The zero-order chi connectivity index (χ0) is 27.5. The van der Waals surface area contributed by atoms with Gasteiger partial charge in [-0.1, -0.05) is 19.1 Å². The van der Waals surface area contributed by atoms with Gasteiger partial charge in [0.2, 0.25) is 5.91 Å². The average Bonchev–Trinajstić information content (AvgIpc) is 3.51. The van der Waals surface area contributed by atoms with Crippen LogP contribution in [0.25, 0.3) is 16.7 Å². The second kappa shape index (κ2) is 9.62. The van der Waals surface area contributed by atoms with Crippen LogP contribution >= 0.6 is 15.9 Å². The predicted octanol–water partition coefficient (Wildman–Crippen LogP) is 4.79. The number of halogens is 1. The van der Waals surface area contributed by atoms with E-state index in [0.717, 1.165) is 34.3 Å². The number of benzene rings is 2. The molecule has 10 heteroatoms. The summed E-state index contributed by atoms with van der Waals surface area (Å²) < 4.78 is 2.67. The summed E-state index contributed by atoms with van der Waals surface area (Å²) in [4.78, 5) is 38.0. The number of hydrogen-bond donors (Lipinski definition) is 2. The summed E-state index contributed by atoms with van der Waals surface area (Å²) in [7, 11) is 0. The van der Waals surface area contributed by atoms with Crippen molar-refractivity contribution in [1.82, 2.24) is 29.5 Å². The van der Waals surface area contributed by atoms with Gasteiger partial charge in [-0.3, -0.25) is 9.59 Å². The van der Waals surface area contributed by atoms with Crippen LogP contribution in [0, 0.1) is 0 Å². The fraction of sp³-hybridized carbons (Fsp3) is 0.333. The number of phenolic OH excluding ortho intramolecular Hbond substituents is 1. The number of aromatic hydroxyl groups is 1. The molecule has 2 aromatic heterocycles. The van der Waals surface area contributed by atoms with Gasteiger partial charge in [-0.15, -0.1) is 0 Å². The Morgan fingerprint density at radius 3 is 2.75 bits per heavy atom. The molecule has 2 amide bonds. The largest absolute Gasteiger partial charge is 0.506 e. The van der Waals surface area contributed by atoms with E-state index in [9.17, 15) is 14.7 Å². The second-order valence-electron chi connectivity index (χ2n) is 10.8. The molecule has 0 spiro atoms. The molecule has 0 saturated heterocycles. The molecule has 2 aliphatic heterocycles. The van der Waals surface area contributed by atoms with Crippen LogP contribution in [0.2, 0.25) is 0 Å². The van der Waals surface area contributed by atoms with E-state index < -0.39 is 0 Å². The number of carbonyl (C=O) groups excluding carboxylic acids is 2. The molecule has 1 saturated carbocycles. The van der Waals surface area contributed by atoms with E-state index in [2.05, 4.69) is 38.5 Å². The van der Waals surface area contributed by atoms with Crippen LogP contribution in [0.5, 0.6) is 5.75 Å². The van der Waals surface area contributed by atoms with Crippen molar-refractivity contribution in [2.45, 2.75) is 44.1 Å². The smallest absolute Gasteiger partial charge is 0.256 e. The number of hydrogen-bond acceptors (Lipinski definition) is 5. The number of H-pyrrole nitrogens is 1. The fourth-order valence-electron chi connectivity index (χ4n) is 6.41. The molecule has 2 N–H and O–H groups in total. The van der Waals surface area contributed by atoms with Crippen LogP contribution in [0.1, 0.15) is 64.1 Å². The summed E-state index contributed by atoms with van der Waals surface area (Å²) in [5.74, 6) is 0.441. The van der Waals surface area contributed by atoms with Crippen molar-refractivity contribution in [2.75, 3.05) is 19.6 Å². The lowest BCUT2D eigenvalue weighted by molar-refractivity contribution is -0.126. The molecular weight excluding hydrogens is 572 g/mol. The maximum Gasteiger partial charge on any atom is 0.256 e. The standard InChI is InChI=1S/C30H29BrN6O3/c1-2-26(39)35-12-10-21-27-23(37(34-21)22-9-6-18(14-25(22)38)17-4-3-5-17)11-13-36(24(27)15-35)30(40)19-7-8-20(31)29-28(19)32-16-33-29/h2,6-9,14,16-17,24,38H,1,3-5,10-13,15H2,(H,32,33). The molecule has 204 valence electrons. The third-order valence-electron chi connectivity index (χ3n) is 8.72. The Bertz CT molecular complexity index is 1690. The predicted molar refractivity (Wildman–Crippen MR) is 154 cm³/mol. The van der Waals surface area contributed by atoms with Crippen LogP contribution in [-0.4, -0.2) is 66.1 Å². The molecular formula is C30H29BrN6O3. The normalized spacial score (nSPS) is 18.8. The number of aromatic nitrogens is 4. The van der Waals surface area contributed by atoms with Crippen LogP contribution in [0.3, 0.4) is 0 Å². The van der Waals surface area contributed by atoms with Gasteiger partial charge < -0.3 is 19.9 Å². The van der Waals surface area contributed by atoms with E-state index in [1.807, 2.05) is 27.8 Å². The Labute approximate surface area is 239 Å². The van der Waals surface area contributed by atoms with E-state index in [1.165, 1.54) is 18.1 Å². The van der Waals surface area contributed by atoms with E-state index in [-0.39, 0.29) is 23.6 Å². The molecule has 40 heavy (non-hydrogen) atoms. The zero-order valence-corrected chi connectivity index (χ0v) is 23.5. The van der Waals surface area contributed by atoms with Gasteiger partial charge in [-0.05, 0) is 70.6 Å². The molecule has 1 unspecified atom stereocenters. The minimum Gasteiger partial charge on any atom is -0.506 e. The van der Waals surface area contributed by atoms with Crippen LogP contribution in [0.15, 0.2) is 53.8 Å². The van der Waals surface area contributed by atoms with Gasteiger partial charge in [0.15, 0.2) is 0 Å². The Morgan fingerprint density at radius 2 is 2.00 bits per heavy atom. The fourth-order valence-corrected chi connectivity index (χ4v) is 6.85. The summed E-state index contributed by atoms with van der Waals surface area (Å²) >= 11 is 3.52. The zero-order valence-electron chi connectivity index (χ0n) is 21.9. The summed E-state index contributed by atoms with van der Waals surface area (Å²) in [6.45, 7) is 4.95. The molecule has 1 aliphatic carbocycles. The van der Waals surface area contributed by atoms with Crippen LogP contribution in [-0.2, 0) is 17.6 Å². The lowest BCUT2D eigenvalue weighted by Crippen LogP contribution is -2.45. The number of nitrogens with zero attached hydrogens (tertiary/aromatic N) is 5. The number of fused-ring (bicyclic) bond motifs is 1. The maximum atomic E-state index is 14.1. The lowest BCUT2D eigenvalue weighted by Gasteiger charge is -2.38. The van der Waals surface area contributed by atoms with Gasteiger partial charge in [-0.25, -0.2) is 9.67 Å². The molecule has 7 rings (SSSR count). The van der Waals surface area contributed by atoms with Crippen molar-refractivity contribution in [3.8, 4) is 11.4 Å². The molecule has 1 atom stereocenters. The topological polar surface area (TPSA) is 107 Å². The van der Waals surface area contributed by atoms with Gasteiger partial charge in [0.25, 0.3) is 5.91 Å². The molecule has 2 aromatic carbocycles. The monoisotopic (exact) mass is 600 g/mol. The minimum atomic E-state index is -0.385. The highest BCUT2D eigenvalue weighted by molar-refractivity contribution is 9.10. The quantitative estimate of drug-likeness (QED) is 0.327. The summed E-state index contributed by atoms with van der Waals surface area (Å²) in [5.41, 5.74) is 6.52. The maximum absolute atomic E-state index is 14.1. The highest BCUT2D eigenvalue weighted by Crippen LogP contribution is 2.41. The number of imidazole rings is 1. The van der Waals surface area contributed by atoms with Crippen molar-refractivity contribution in [3.05, 3.63) is 81.9 Å². The number of rotatable bonds is 4. The Morgan fingerprint density at radius 1 is 1.15 bits per heavy atom. The number of phenols is 1. The second-order valence-corrected chi connectivity index (χ2v) is 11.7. The first-order valence-electron chi connectivity index (χ1n) is 13.7. The highest BCUT2D eigenvalue weighted by Gasteiger charge is 2.40. The first kappa shape index (κ1) is 25.1. The van der Waals surface area contributed by atoms with E-state index in [0.29, 0.717) is 60.7 Å². The van der Waals surface area contributed by atoms with Crippen molar-refractivity contribution < 1.29 is 14.7 Å². The number of aromatic amines is 1. The van der Waals surface area contributed by atoms with Crippen molar-refractivity contribution in [2.24, 2.45) is 0 Å². The summed E-state index contributed by atoms with van der Waals surface area (Å²) in [6, 6.07) is 9.20. The van der Waals surface area contributed by atoms with Gasteiger partial charge in [0, 0.05) is 42.5 Å². The van der Waals surface area contributed by atoms with Gasteiger partial charge in [0.1, 0.15) is 17.0 Å². The molecule has 1 fully saturated rings. The number of carbonyl (C=O) groups is 2. The Hall–Kier alpha value is -3.92. The number of amides is 2. The highest BCUT2D eigenvalue weighted by atomic mass is 79.9. The van der Waals surface area contributed by atoms with Crippen molar-refractivity contribution in [1.29, 1.82) is 0 Å². The van der Waals surface area contributed by atoms with E-state index >= 15 is 0 Å². The van der Waals surface area contributed by atoms with Crippen LogP contribution < -0.4 is 0 Å². The molecule has 4 aromatic rings. The van der Waals surface area contributed by atoms with E-state index in [4.69, 9.17) is 5.10 Å². The molecule has 9 nitrogen and oxygen atoms in total. The molecule has 0 radical (unpaired) electrons. The molecule has 4 heterocycles. The van der Waals surface area contributed by atoms with Gasteiger partial charge in [-0.2, -0.15) is 5.10 Å². The average molecular weight is 602 g/mol. The summed E-state index contributed by atoms with van der Waals surface area (Å²) in [6.07, 6.45) is 7.59. The minimum absolute atomic E-state index is 0.128. The number of nitrogens with one attached hydrogen (secondary N) is 1. The lowest BCUT2D eigenvalue weighted by atomic mass is 9.80. The Kier molecular flexibility index (Phi) is 6.03. The van der Waals surface area contributed by atoms with Gasteiger partial charge in [0.05, 0.1) is 34.8 Å². The third kappa shape index (κ3) is 3.88. The van der Waals surface area contributed by atoms with Gasteiger partial charge >= 0.3 is 0 Å². The third-order valence-corrected chi connectivity index (χ3v) is 9.36. The van der Waals surface area contributed by atoms with Crippen LogP contribution in [0.4, 0.5) is 0 Å². The SMILES string of the molecule is C=CC(=O)N1CCc2nn(-c3ccc(C4CCC4)cc3O)c3c2C(C1)N(C(=O)c1ccc(Br)c2nc[nH]c12)CC3. The first-order valence-corrected chi connectivity index (χ1v) is 14.5. The van der Waals surface area contributed by atoms with Crippen molar-refractivity contribution >= 4 is 38.8 Å². The Balaban J connectivity index is 1.31. The molecule has 3 aliphatic rings. The first-order chi connectivity index (χ1) is 19.4. The van der Waals surface area contributed by atoms with E-state index in [1.54, 1.807) is 17.3 Å². The molecule has 0 bridgehead atoms.